The van der Waals surface area contributed by atoms with Gasteiger partial charge in [-0.3, -0.25) is 4.79 Å². The van der Waals surface area contributed by atoms with E-state index < -0.39 is 10.0 Å². The normalized spacial score (nSPS) is 18.1. The van der Waals surface area contributed by atoms with E-state index in [1.54, 1.807) is 0 Å². The summed E-state index contributed by atoms with van der Waals surface area (Å²) >= 11 is 0. The van der Waals surface area contributed by atoms with Crippen molar-refractivity contribution >= 4 is 15.9 Å². The van der Waals surface area contributed by atoms with Crippen LogP contribution in [0.15, 0.2) is 30.3 Å². The first-order valence-corrected chi connectivity index (χ1v) is 10.5. The van der Waals surface area contributed by atoms with Crippen LogP contribution in [0.25, 0.3) is 0 Å². The van der Waals surface area contributed by atoms with E-state index in [0.717, 1.165) is 44.1 Å². The van der Waals surface area contributed by atoms with Gasteiger partial charge in [0.1, 0.15) is 0 Å². The molecule has 1 aliphatic rings. The third-order valence-corrected chi connectivity index (χ3v) is 5.91. The number of hydrogen-bond acceptors (Lipinski definition) is 3. The Kier molecular flexibility index (Phi) is 6.80. The molecule has 2 rings (SSSR count). The summed E-state index contributed by atoms with van der Waals surface area (Å²) in [4.78, 5) is 12.4. The summed E-state index contributed by atoms with van der Waals surface area (Å²) < 4.78 is 25.8. The highest BCUT2D eigenvalue weighted by molar-refractivity contribution is 7.88. The lowest BCUT2D eigenvalue weighted by Gasteiger charge is -2.29. The van der Waals surface area contributed by atoms with Gasteiger partial charge in [-0.15, -0.1) is 0 Å². The van der Waals surface area contributed by atoms with Crippen molar-refractivity contribution < 1.29 is 13.2 Å². The first-order chi connectivity index (χ1) is 11.4. The molecule has 134 valence electrons. The average molecular weight is 352 g/mol. The van der Waals surface area contributed by atoms with Crippen molar-refractivity contribution in [1.29, 1.82) is 0 Å². The summed E-state index contributed by atoms with van der Waals surface area (Å²) in [6.07, 6.45) is 7.23. The number of carbonyl (C=O) groups excluding carboxylic acids is 1. The van der Waals surface area contributed by atoms with Crippen LogP contribution in [0.4, 0.5) is 0 Å². The zero-order valence-electron chi connectivity index (χ0n) is 14.6. The predicted octanol–water partition coefficient (Wildman–Crippen LogP) is 2.85. The van der Waals surface area contributed by atoms with E-state index in [1.807, 2.05) is 37.3 Å². The number of nitrogens with zero attached hydrogens (tertiary/aromatic N) is 1. The van der Waals surface area contributed by atoms with Crippen LogP contribution in [0.5, 0.6) is 0 Å². The summed E-state index contributed by atoms with van der Waals surface area (Å²) in [6.45, 7) is 1.81. The van der Waals surface area contributed by atoms with E-state index in [4.69, 9.17) is 0 Å². The Bertz CT molecular complexity index is 623. The van der Waals surface area contributed by atoms with E-state index in [9.17, 15) is 13.2 Å². The van der Waals surface area contributed by atoms with Gasteiger partial charge in [-0.1, -0.05) is 56.0 Å². The molecule has 0 aromatic heterocycles. The molecule has 0 radical (unpaired) electrons. The molecule has 1 amide bonds. The highest BCUT2D eigenvalue weighted by Gasteiger charge is 2.29. The number of benzene rings is 1. The number of nitrogens with one attached hydrogen (secondary N) is 1. The number of carbonyl (C=O) groups is 1. The lowest BCUT2D eigenvalue weighted by atomic mass is 10.1. The van der Waals surface area contributed by atoms with Gasteiger partial charge in [-0.25, -0.2) is 8.42 Å². The Morgan fingerprint density at radius 3 is 2.29 bits per heavy atom. The molecule has 1 fully saturated rings. The summed E-state index contributed by atoms with van der Waals surface area (Å²) in [6, 6.07) is 9.47. The maximum absolute atomic E-state index is 12.4. The maximum atomic E-state index is 12.4. The van der Waals surface area contributed by atoms with Gasteiger partial charge in [0.15, 0.2) is 0 Å². The fourth-order valence-electron chi connectivity index (χ4n) is 3.32. The lowest BCUT2D eigenvalue weighted by molar-refractivity contribution is -0.122. The van der Waals surface area contributed by atoms with Gasteiger partial charge in [0.2, 0.25) is 15.9 Å². The third-order valence-electron chi connectivity index (χ3n) is 4.63. The molecule has 1 saturated carbocycles. The second-order valence-corrected chi connectivity index (χ2v) is 8.59. The zero-order chi connectivity index (χ0) is 17.6. The highest BCUT2D eigenvalue weighted by atomic mass is 32.2. The fraction of sp³-hybridized carbons (Fsp3) is 0.611. The zero-order valence-corrected chi connectivity index (χ0v) is 15.4. The van der Waals surface area contributed by atoms with Gasteiger partial charge < -0.3 is 5.32 Å². The largest absolute Gasteiger partial charge is 0.348 e. The van der Waals surface area contributed by atoms with E-state index in [2.05, 4.69) is 5.32 Å². The van der Waals surface area contributed by atoms with Gasteiger partial charge in [0, 0.05) is 6.04 Å². The molecular formula is C18H28N2O3S. The van der Waals surface area contributed by atoms with Crippen LogP contribution in [0.1, 0.15) is 57.1 Å². The van der Waals surface area contributed by atoms with Crippen LogP contribution in [0.3, 0.4) is 0 Å². The molecule has 0 heterocycles. The molecule has 6 heteroatoms. The van der Waals surface area contributed by atoms with Crippen molar-refractivity contribution in [3.8, 4) is 0 Å². The monoisotopic (exact) mass is 352 g/mol. The molecule has 1 aliphatic carbocycles. The molecule has 0 bridgehead atoms. The fourth-order valence-corrected chi connectivity index (χ4v) is 4.42. The van der Waals surface area contributed by atoms with Gasteiger partial charge in [-0.2, -0.15) is 4.31 Å². The number of rotatable bonds is 6. The molecule has 1 unspecified atom stereocenters. The Hall–Kier alpha value is -1.40. The molecule has 1 atom stereocenters. The predicted molar refractivity (Wildman–Crippen MR) is 96.0 cm³/mol. The molecular weight excluding hydrogens is 324 g/mol. The van der Waals surface area contributed by atoms with Gasteiger partial charge in [-0.05, 0) is 25.3 Å². The molecule has 24 heavy (non-hydrogen) atoms. The van der Waals surface area contributed by atoms with Crippen molar-refractivity contribution in [2.24, 2.45) is 0 Å². The molecule has 1 N–H and O–H groups in total. The Balaban J connectivity index is 2.02. The van der Waals surface area contributed by atoms with E-state index in [1.165, 1.54) is 10.6 Å². The topological polar surface area (TPSA) is 66.5 Å². The average Bonchev–Trinajstić information content (AvgIpc) is 2.81. The minimum absolute atomic E-state index is 0.0553. The van der Waals surface area contributed by atoms with Crippen molar-refractivity contribution in [1.82, 2.24) is 9.62 Å². The van der Waals surface area contributed by atoms with Gasteiger partial charge in [0.25, 0.3) is 0 Å². The summed E-state index contributed by atoms with van der Waals surface area (Å²) in [5, 5.41) is 2.91. The second kappa shape index (κ2) is 8.62. The van der Waals surface area contributed by atoms with Crippen LogP contribution >= 0.6 is 0 Å². The number of hydrogen-bond donors (Lipinski definition) is 1. The van der Waals surface area contributed by atoms with E-state index in [-0.39, 0.29) is 24.5 Å². The number of sulfonamides is 1. The Morgan fingerprint density at radius 2 is 1.75 bits per heavy atom. The SMILES string of the molecule is CC(NC(=O)CN(C1CCCCCC1)S(C)(=O)=O)c1ccccc1. The minimum Gasteiger partial charge on any atom is -0.348 e. The Labute approximate surface area is 145 Å². The van der Waals surface area contributed by atoms with Crippen LogP contribution in [0.2, 0.25) is 0 Å². The molecule has 5 nitrogen and oxygen atoms in total. The molecule has 0 spiro atoms. The molecule has 0 saturated heterocycles. The molecule has 1 aromatic rings. The third kappa shape index (κ3) is 5.60. The molecule has 1 aromatic carbocycles. The van der Waals surface area contributed by atoms with Crippen LogP contribution in [-0.2, 0) is 14.8 Å². The first kappa shape index (κ1) is 18.9. The van der Waals surface area contributed by atoms with Crippen LogP contribution < -0.4 is 5.32 Å². The van der Waals surface area contributed by atoms with Crippen LogP contribution in [-0.4, -0.2) is 37.5 Å². The van der Waals surface area contributed by atoms with Crippen LogP contribution in [0, 0.1) is 0 Å². The van der Waals surface area contributed by atoms with Crippen molar-refractivity contribution in [3.05, 3.63) is 35.9 Å². The molecule has 0 aliphatic heterocycles. The van der Waals surface area contributed by atoms with Gasteiger partial charge in [0.05, 0.1) is 18.8 Å². The second-order valence-electron chi connectivity index (χ2n) is 6.65. The minimum atomic E-state index is -3.40. The van der Waals surface area contributed by atoms with E-state index >= 15 is 0 Å². The van der Waals surface area contributed by atoms with Gasteiger partial charge >= 0.3 is 0 Å². The summed E-state index contributed by atoms with van der Waals surface area (Å²) in [7, 11) is -3.40. The standard InChI is InChI=1S/C18H28N2O3S/c1-15(16-10-6-5-7-11-16)19-18(21)14-20(24(2,22)23)17-12-8-3-4-9-13-17/h5-7,10-11,15,17H,3-4,8-9,12-14H2,1-2H3,(H,19,21). The highest BCUT2D eigenvalue weighted by Crippen LogP contribution is 2.23. The van der Waals surface area contributed by atoms with Crippen molar-refractivity contribution in [2.75, 3.05) is 12.8 Å². The number of amides is 1. The van der Waals surface area contributed by atoms with Crippen molar-refractivity contribution in [3.63, 3.8) is 0 Å². The summed E-state index contributed by atoms with van der Waals surface area (Å²) in [5.74, 6) is -0.249. The quantitative estimate of drug-likeness (QED) is 0.801. The Morgan fingerprint density at radius 1 is 1.17 bits per heavy atom. The first-order valence-electron chi connectivity index (χ1n) is 8.69. The summed E-state index contributed by atoms with van der Waals surface area (Å²) in [5.41, 5.74) is 1.01. The lowest BCUT2D eigenvalue weighted by Crippen LogP contribution is -2.46. The maximum Gasteiger partial charge on any atom is 0.235 e. The van der Waals surface area contributed by atoms with E-state index in [0.29, 0.717) is 0 Å². The smallest absolute Gasteiger partial charge is 0.235 e. The van der Waals surface area contributed by atoms with Crippen molar-refractivity contribution in [2.45, 2.75) is 57.5 Å².